The highest BCUT2D eigenvalue weighted by atomic mass is 16.4. The number of rotatable bonds is 7. The second kappa shape index (κ2) is 8.36. The summed E-state index contributed by atoms with van der Waals surface area (Å²) in [7, 11) is 1.78. The minimum absolute atomic E-state index is 0.0887. The molecule has 4 N–H and O–H groups in total. The minimum Gasteiger partial charge on any atom is -0.439 e. The molecule has 5 nitrogen and oxygen atoms in total. The fraction of sp³-hybridized carbons (Fsp3) is 0.190. The molecule has 1 aromatic heterocycles. The summed E-state index contributed by atoms with van der Waals surface area (Å²) < 4.78 is 6.12. The molecule has 0 bridgehead atoms. The molecule has 0 aliphatic heterocycles. The Balaban J connectivity index is 2.16. The smallest absolute Gasteiger partial charge is 0.205 e. The van der Waals surface area contributed by atoms with Gasteiger partial charge in [0.2, 0.25) is 5.88 Å². The van der Waals surface area contributed by atoms with Gasteiger partial charge in [0.15, 0.2) is 0 Å². The first-order valence-electron chi connectivity index (χ1n) is 8.65. The number of nitrogens with one attached hydrogen (secondary N) is 3. The van der Waals surface area contributed by atoms with E-state index >= 15 is 0 Å². The first-order chi connectivity index (χ1) is 12.8. The van der Waals surface area contributed by atoms with E-state index in [0.717, 1.165) is 22.5 Å². The van der Waals surface area contributed by atoms with Crippen LogP contribution in [0.4, 0.5) is 5.88 Å². The lowest BCUT2D eigenvalue weighted by molar-refractivity contribution is 0.289. The van der Waals surface area contributed by atoms with E-state index in [9.17, 15) is 0 Å². The molecule has 0 radical (unpaired) electrons. The average molecular weight is 349 g/mol. The molecule has 3 aromatic rings. The molecule has 0 saturated carbocycles. The Morgan fingerprint density at radius 3 is 2.19 bits per heavy atom. The van der Waals surface area contributed by atoms with E-state index in [1.54, 1.807) is 7.05 Å². The Kier molecular flexibility index (Phi) is 5.71. The van der Waals surface area contributed by atoms with E-state index in [4.69, 9.17) is 14.9 Å². The van der Waals surface area contributed by atoms with Crippen LogP contribution in [0.5, 0.6) is 0 Å². The first-order valence-corrected chi connectivity index (χ1v) is 8.65. The van der Waals surface area contributed by atoms with Crippen molar-refractivity contribution in [3.63, 3.8) is 0 Å². The van der Waals surface area contributed by atoms with Gasteiger partial charge in [0, 0.05) is 31.3 Å². The Hall–Kier alpha value is -3.05. The van der Waals surface area contributed by atoms with Gasteiger partial charge in [-0.05, 0) is 12.0 Å². The molecule has 0 aliphatic rings. The highest BCUT2D eigenvalue weighted by Crippen LogP contribution is 2.41. The third-order valence-electron chi connectivity index (χ3n) is 4.12. The van der Waals surface area contributed by atoms with Crippen molar-refractivity contribution < 1.29 is 9.52 Å². The number of amidine groups is 1. The summed E-state index contributed by atoms with van der Waals surface area (Å²) in [4.78, 5) is 0. The monoisotopic (exact) mass is 349 g/mol. The third kappa shape index (κ3) is 3.63. The molecule has 1 heterocycles. The molecule has 134 valence electrons. The molecule has 0 spiro atoms. The summed E-state index contributed by atoms with van der Waals surface area (Å²) in [5.74, 6) is 1.54. The van der Waals surface area contributed by atoms with E-state index in [-0.39, 0.29) is 12.4 Å². The number of hydrogen-bond donors (Lipinski definition) is 4. The zero-order valence-corrected chi connectivity index (χ0v) is 14.8. The molecular formula is C21H23N3O2. The zero-order chi connectivity index (χ0) is 18.4. The van der Waals surface area contributed by atoms with Crippen molar-refractivity contribution in [2.45, 2.75) is 6.42 Å². The average Bonchev–Trinajstić information content (AvgIpc) is 3.09. The van der Waals surface area contributed by atoms with E-state index in [1.165, 1.54) is 0 Å². The molecule has 0 fully saturated rings. The van der Waals surface area contributed by atoms with Crippen LogP contribution < -0.4 is 10.6 Å². The van der Waals surface area contributed by atoms with Crippen molar-refractivity contribution in [2.24, 2.45) is 0 Å². The highest BCUT2D eigenvalue weighted by Gasteiger charge is 2.25. The van der Waals surface area contributed by atoms with Crippen LogP contribution in [0.2, 0.25) is 0 Å². The molecule has 0 amide bonds. The highest BCUT2D eigenvalue weighted by molar-refractivity contribution is 6.09. The number of anilines is 1. The second-order valence-electron chi connectivity index (χ2n) is 5.87. The Morgan fingerprint density at radius 2 is 1.62 bits per heavy atom. The normalized spacial score (nSPS) is 10.5. The van der Waals surface area contributed by atoms with E-state index in [0.29, 0.717) is 24.4 Å². The number of benzene rings is 2. The van der Waals surface area contributed by atoms with Crippen molar-refractivity contribution in [1.82, 2.24) is 5.32 Å². The van der Waals surface area contributed by atoms with Crippen LogP contribution in [0, 0.1) is 5.41 Å². The van der Waals surface area contributed by atoms with Gasteiger partial charge in [-0.3, -0.25) is 5.41 Å². The maximum Gasteiger partial charge on any atom is 0.205 e. The molecule has 0 unspecified atom stereocenters. The maximum absolute atomic E-state index is 8.99. The first kappa shape index (κ1) is 17.8. The van der Waals surface area contributed by atoms with Crippen LogP contribution in [0.1, 0.15) is 12.0 Å². The van der Waals surface area contributed by atoms with Crippen LogP contribution in [-0.4, -0.2) is 31.1 Å². The lowest BCUT2D eigenvalue weighted by Crippen LogP contribution is -2.25. The minimum atomic E-state index is 0.0887. The Bertz CT molecular complexity index is 858. The standard InChI is InChI=1S/C21H23N3O2/c1-23-21-18(20(22)24-13-8-14-25)17(15-9-4-2-5-10-15)19(26-21)16-11-6-3-7-12-16/h2-7,9-12,23,25H,8,13-14H2,1H3,(H2,22,24). The molecule has 26 heavy (non-hydrogen) atoms. The van der Waals surface area contributed by atoms with Crippen LogP contribution in [-0.2, 0) is 0 Å². The number of furan rings is 1. The Labute approximate surface area is 153 Å². The van der Waals surface area contributed by atoms with Gasteiger partial charge in [-0.1, -0.05) is 60.7 Å². The van der Waals surface area contributed by atoms with E-state index in [2.05, 4.69) is 10.6 Å². The van der Waals surface area contributed by atoms with Crippen LogP contribution in [0.25, 0.3) is 22.5 Å². The molecule has 0 atom stereocenters. The third-order valence-corrected chi connectivity index (χ3v) is 4.12. The van der Waals surface area contributed by atoms with Crippen LogP contribution in [0.15, 0.2) is 65.1 Å². The number of aliphatic hydroxyl groups excluding tert-OH is 1. The molecule has 5 heteroatoms. The second-order valence-corrected chi connectivity index (χ2v) is 5.87. The topological polar surface area (TPSA) is 81.3 Å². The fourth-order valence-electron chi connectivity index (χ4n) is 2.90. The molecule has 0 aliphatic carbocycles. The summed E-state index contributed by atoms with van der Waals surface area (Å²) >= 11 is 0. The summed E-state index contributed by atoms with van der Waals surface area (Å²) in [5, 5.41) is 23.7. The predicted molar refractivity (Wildman–Crippen MR) is 106 cm³/mol. The number of aliphatic hydroxyl groups is 1. The van der Waals surface area contributed by atoms with Gasteiger partial charge in [0.1, 0.15) is 11.6 Å². The van der Waals surface area contributed by atoms with Gasteiger partial charge in [0.25, 0.3) is 0 Å². The van der Waals surface area contributed by atoms with Gasteiger partial charge in [0.05, 0.1) is 5.56 Å². The lowest BCUT2D eigenvalue weighted by atomic mass is 9.97. The van der Waals surface area contributed by atoms with Gasteiger partial charge < -0.3 is 20.2 Å². The molecule has 3 rings (SSSR count). The van der Waals surface area contributed by atoms with Crippen LogP contribution >= 0.6 is 0 Å². The van der Waals surface area contributed by atoms with Crippen molar-refractivity contribution in [3.05, 3.63) is 66.2 Å². The SMILES string of the molecule is CNc1oc(-c2ccccc2)c(-c2ccccc2)c1C(=N)NCCCO. The quantitative estimate of drug-likeness (QED) is 0.296. The van der Waals surface area contributed by atoms with E-state index < -0.39 is 0 Å². The van der Waals surface area contributed by atoms with Crippen molar-refractivity contribution >= 4 is 11.7 Å². The molecule has 0 saturated heterocycles. The van der Waals surface area contributed by atoms with E-state index in [1.807, 2.05) is 60.7 Å². The summed E-state index contributed by atoms with van der Waals surface area (Å²) in [6.07, 6.45) is 0.585. The van der Waals surface area contributed by atoms with Crippen molar-refractivity contribution in [3.8, 4) is 22.5 Å². The predicted octanol–water partition coefficient (Wildman–Crippen LogP) is 3.95. The number of hydrogen-bond acceptors (Lipinski definition) is 4. The van der Waals surface area contributed by atoms with Gasteiger partial charge in [-0.25, -0.2) is 0 Å². The Morgan fingerprint density at radius 1 is 1.00 bits per heavy atom. The summed E-state index contributed by atoms with van der Waals surface area (Å²) in [6.45, 7) is 0.615. The molecular weight excluding hydrogens is 326 g/mol. The molecule has 2 aromatic carbocycles. The lowest BCUT2D eigenvalue weighted by Gasteiger charge is -2.10. The summed E-state index contributed by atoms with van der Waals surface area (Å²) in [6, 6.07) is 19.8. The largest absolute Gasteiger partial charge is 0.439 e. The van der Waals surface area contributed by atoms with Gasteiger partial charge in [-0.15, -0.1) is 0 Å². The van der Waals surface area contributed by atoms with Crippen molar-refractivity contribution in [1.29, 1.82) is 5.41 Å². The van der Waals surface area contributed by atoms with Crippen LogP contribution in [0.3, 0.4) is 0 Å². The van der Waals surface area contributed by atoms with Gasteiger partial charge >= 0.3 is 0 Å². The van der Waals surface area contributed by atoms with Gasteiger partial charge in [-0.2, -0.15) is 0 Å². The zero-order valence-electron chi connectivity index (χ0n) is 14.8. The maximum atomic E-state index is 8.99. The fourth-order valence-corrected chi connectivity index (χ4v) is 2.90. The van der Waals surface area contributed by atoms with Crippen molar-refractivity contribution in [2.75, 3.05) is 25.5 Å². The summed E-state index contributed by atoms with van der Waals surface area (Å²) in [5.41, 5.74) is 3.51.